The Morgan fingerprint density at radius 3 is 2.15 bits per heavy atom. The molecule has 3 aromatic rings. The van der Waals surface area contributed by atoms with Gasteiger partial charge in [0.25, 0.3) is 5.91 Å². The number of hydrogen-bond acceptors (Lipinski definition) is 4. The fourth-order valence-electron chi connectivity index (χ4n) is 6.13. The summed E-state index contributed by atoms with van der Waals surface area (Å²) in [6, 6.07) is 19.6. The number of amides is 1. The summed E-state index contributed by atoms with van der Waals surface area (Å²) in [6.07, 6.45) is 3.54. The van der Waals surface area contributed by atoms with Crippen LogP contribution >= 0.6 is 0 Å². The van der Waals surface area contributed by atoms with Crippen molar-refractivity contribution in [2.24, 2.45) is 0 Å². The van der Waals surface area contributed by atoms with Crippen molar-refractivity contribution in [2.75, 3.05) is 5.32 Å². The number of aliphatic hydroxyl groups excluding tert-OH is 2. The molecule has 40 heavy (non-hydrogen) atoms. The van der Waals surface area contributed by atoms with Crippen LogP contribution in [0.1, 0.15) is 98.8 Å². The third-order valence-electron chi connectivity index (χ3n) is 7.84. The van der Waals surface area contributed by atoms with Gasteiger partial charge >= 0.3 is 5.97 Å². The number of carboxylic acid groups (broad SMARTS) is 1. The van der Waals surface area contributed by atoms with E-state index in [1.165, 1.54) is 6.42 Å². The maximum atomic E-state index is 14.1. The van der Waals surface area contributed by atoms with Crippen molar-refractivity contribution in [1.82, 2.24) is 4.57 Å². The molecule has 0 aliphatic heterocycles. The maximum Gasteiger partial charge on any atom is 0.305 e. The summed E-state index contributed by atoms with van der Waals surface area (Å²) in [7, 11) is 0. The summed E-state index contributed by atoms with van der Waals surface area (Å²) in [5.74, 6) is -0.920. The van der Waals surface area contributed by atoms with Crippen LogP contribution in [-0.4, -0.2) is 44.0 Å². The number of aliphatic hydroxyl groups is 2. The van der Waals surface area contributed by atoms with Gasteiger partial charge in [0.1, 0.15) is 0 Å². The van der Waals surface area contributed by atoms with Gasteiger partial charge in [-0.1, -0.05) is 81.6 Å². The number of carboxylic acids is 1. The Balaban J connectivity index is 1.83. The van der Waals surface area contributed by atoms with Gasteiger partial charge in [-0.2, -0.15) is 0 Å². The SMILES string of the molecule is CC(C)c1c(C(=O)Nc2ccccc2)c(-c2ccccc2)c(C2CCCCC2)n1CCC(O)CC(O)CC(=O)O. The highest BCUT2D eigenvalue weighted by Crippen LogP contribution is 2.45. The van der Waals surface area contributed by atoms with E-state index in [9.17, 15) is 19.8 Å². The normalized spacial score (nSPS) is 15.6. The van der Waals surface area contributed by atoms with E-state index < -0.39 is 24.6 Å². The molecule has 4 N–H and O–H groups in total. The van der Waals surface area contributed by atoms with Crippen LogP contribution in [0.3, 0.4) is 0 Å². The number of nitrogens with one attached hydrogen (secondary N) is 1. The fourth-order valence-corrected chi connectivity index (χ4v) is 6.13. The molecule has 1 saturated carbocycles. The molecule has 0 bridgehead atoms. The first kappa shape index (κ1) is 29.6. The number of aliphatic carboxylic acids is 1. The molecule has 1 aliphatic rings. The standard InChI is InChI=1S/C33H42N2O5/c1-22(2)31-30(33(40)34-25-16-10-5-11-17-25)29(23-12-6-3-7-13-23)32(24-14-8-4-9-15-24)35(31)19-18-26(36)20-27(37)21-28(38)39/h3,5-7,10-13,16-17,22,24,26-27,36-37H,4,8-9,14-15,18-21H2,1-2H3,(H,34,40)(H,38,39). The smallest absolute Gasteiger partial charge is 0.305 e. The van der Waals surface area contributed by atoms with Gasteiger partial charge in [0.2, 0.25) is 0 Å². The van der Waals surface area contributed by atoms with Gasteiger partial charge < -0.3 is 25.2 Å². The lowest BCUT2D eigenvalue weighted by Crippen LogP contribution is -2.23. The van der Waals surface area contributed by atoms with Crippen LogP contribution < -0.4 is 5.32 Å². The van der Waals surface area contributed by atoms with Crippen LogP contribution in [0.25, 0.3) is 11.1 Å². The molecule has 1 fully saturated rings. The number of carbonyl (C=O) groups excluding carboxylic acids is 1. The summed E-state index contributed by atoms with van der Waals surface area (Å²) < 4.78 is 2.26. The van der Waals surface area contributed by atoms with Crippen molar-refractivity contribution in [1.29, 1.82) is 0 Å². The van der Waals surface area contributed by atoms with Crippen LogP contribution in [0.4, 0.5) is 5.69 Å². The van der Waals surface area contributed by atoms with Crippen LogP contribution in [0.5, 0.6) is 0 Å². The summed E-state index contributed by atoms with van der Waals surface area (Å²) in [5, 5.41) is 33.0. The van der Waals surface area contributed by atoms with Gasteiger partial charge in [-0.15, -0.1) is 0 Å². The number of aromatic nitrogens is 1. The highest BCUT2D eigenvalue weighted by molar-refractivity contribution is 6.10. The molecule has 1 amide bonds. The van der Waals surface area contributed by atoms with Crippen molar-refractivity contribution in [3.05, 3.63) is 77.6 Å². The number of carbonyl (C=O) groups is 2. The predicted octanol–water partition coefficient (Wildman–Crippen LogP) is 6.56. The lowest BCUT2D eigenvalue weighted by Gasteiger charge is -2.27. The Bertz CT molecular complexity index is 1260. The molecular weight excluding hydrogens is 504 g/mol. The molecule has 214 valence electrons. The van der Waals surface area contributed by atoms with E-state index in [0.29, 0.717) is 18.5 Å². The minimum atomic E-state index is -1.10. The number of nitrogens with zero attached hydrogens (tertiary/aromatic N) is 1. The molecule has 7 heteroatoms. The molecule has 7 nitrogen and oxygen atoms in total. The number of benzene rings is 2. The van der Waals surface area contributed by atoms with Gasteiger partial charge in [0, 0.05) is 29.2 Å². The zero-order chi connectivity index (χ0) is 28.6. The van der Waals surface area contributed by atoms with Crippen LogP contribution in [-0.2, 0) is 11.3 Å². The van der Waals surface area contributed by atoms with E-state index in [1.807, 2.05) is 48.5 Å². The van der Waals surface area contributed by atoms with E-state index in [1.54, 1.807) is 0 Å². The van der Waals surface area contributed by atoms with Crippen molar-refractivity contribution < 1.29 is 24.9 Å². The summed E-state index contributed by atoms with van der Waals surface area (Å²) in [5.41, 5.74) is 5.45. The molecule has 2 aromatic carbocycles. The fraction of sp³-hybridized carbons (Fsp3) is 0.455. The van der Waals surface area contributed by atoms with E-state index in [0.717, 1.165) is 53.9 Å². The molecule has 0 radical (unpaired) electrons. The average molecular weight is 547 g/mol. The molecule has 2 unspecified atom stereocenters. The monoisotopic (exact) mass is 546 g/mol. The minimum absolute atomic E-state index is 0.00373. The number of rotatable bonds is 12. The molecule has 1 aliphatic carbocycles. The van der Waals surface area contributed by atoms with Crippen molar-refractivity contribution in [2.45, 2.75) is 95.8 Å². The highest BCUT2D eigenvalue weighted by atomic mass is 16.4. The minimum Gasteiger partial charge on any atom is -0.481 e. The first-order valence-corrected chi connectivity index (χ1v) is 14.5. The molecule has 2 atom stereocenters. The average Bonchev–Trinajstić information content (AvgIpc) is 3.28. The Labute approximate surface area is 236 Å². The van der Waals surface area contributed by atoms with E-state index in [4.69, 9.17) is 5.11 Å². The largest absolute Gasteiger partial charge is 0.481 e. The zero-order valence-electron chi connectivity index (χ0n) is 23.6. The van der Waals surface area contributed by atoms with Crippen molar-refractivity contribution in [3.63, 3.8) is 0 Å². The van der Waals surface area contributed by atoms with Gasteiger partial charge in [-0.3, -0.25) is 9.59 Å². The second kappa shape index (κ2) is 13.8. The molecule has 0 spiro atoms. The highest BCUT2D eigenvalue weighted by Gasteiger charge is 2.33. The van der Waals surface area contributed by atoms with Gasteiger partial charge in [0.15, 0.2) is 0 Å². The Kier molecular flexibility index (Phi) is 10.2. The van der Waals surface area contributed by atoms with Crippen molar-refractivity contribution in [3.8, 4) is 11.1 Å². The Morgan fingerprint density at radius 2 is 1.55 bits per heavy atom. The third kappa shape index (κ3) is 7.20. The molecule has 1 heterocycles. The number of anilines is 1. The van der Waals surface area contributed by atoms with Gasteiger partial charge in [-0.05, 0) is 55.2 Å². The number of para-hydroxylation sites is 1. The maximum absolute atomic E-state index is 14.1. The molecular formula is C33H42N2O5. The van der Waals surface area contributed by atoms with Crippen LogP contribution in [0, 0.1) is 0 Å². The summed E-state index contributed by atoms with van der Waals surface area (Å²) in [6.45, 7) is 4.66. The predicted molar refractivity (Wildman–Crippen MR) is 158 cm³/mol. The molecule has 1 aromatic heterocycles. The van der Waals surface area contributed by atoms with E-state index in [-0.39, 0.29) is 24.2 Å². The zero-order valence-corrected chi connectivity index (χ0v) is 23.6. The molecule has 0 saturated heterocycles. The van der Waals surface area contributed by atoms with Gasteiger partial charge in [0.05, 0.1) is 24.2 Å². The molecule has 4 rings (SSSR count). The van der Waals surface area contributed by atoms with Gasteiger partial charge in [-0.25, -0.2) is 0 Å². The summed E-state index contributed by atoms with van der Waals surface area (Å²) in [4.78, 5) is 25.1. The summed E-state index contributed by atoms with van der Waals surface area (Å²) >= 11 is 0. The van der Waals surface area contributed by atoms with E-state index in [2.05, 4.69) is 35.9 Å². The second-order valence-electron chi connectivity index (χ2n) is 11.3. The van der Waals surface area contributed by atoms with Crippen molar-refractivity contribution >= 4 is 17.6 Å². The first-order chi connectivity index (χ1) is 19.3. The second-order valence-corrected chi connectivity index (χ2v) is 11.3. The van der Waals surface area contributed by atoms with E-state index >= 15 is 0 Å². The topological polar surface area (TPSA) is 112 Å². The Hall–Kier alpha value is -3.42. The lowest BCUT2D eigenvalue weighted by molar-refractivity contribution is -0.139. The third-order valence-corrected chi connectivity index (χ3v) is 7.84. The lowest BCUT2D eigenvalue weighted by atomic mass is 9.83. The van der Waals surface area contributed by atoms with Crippen LogP contribution in [0.15, 0.2) is 60.7 Å². The van der Waals surface area contributed by atoms with Crippen LogP contribution in [0.2, 0.25) is 0 Å². The Morgan fingerprint density at radius 1 is 0.925 bits per heavy atom. The number of hydrogen-bond donors (Lipinski definition) is 4. The quantitative estimate of drug-likeness (QED) is 0.206. The first-order valence-electron chi connectivity index (χ1n) is 14.5.